The number of amides is 2. The molecule has 1 N–H and O–H groups in total. The molecule has 1 aliphatic rings. The van der Waals surface area contributed by atoms with Crippen molar-refractivity contribution in [2.75, 3.05) is 0 Å². The van der Waals surface area contributed by atoms with Gasteiger partial charge in [-0.25, -0.2) is 8.78 Å². The van der Waals surface area contributed by atoms with Crippen LogP contribution in [-0.4, -0.2) is 27.9 Å². The van der Waals surface area contributed by atoms with E-state index in [-0.39, 0.29) is 23.8 Å². The summed E-state index contributed by atoms with van der Waals surface area (Å²) < 4.78 is 32.3. The van der Waals surface area contributed by atoms with Crippen molar-refractivity contribution < 1.29 is 22.9 Å². The highest BCUT2D eigenvalue weighted by Gasteiger charge is 2.34. The molecule has 0 unspecified atom stereocenters. The number of carbonyl (C=O) groups excluding carboxylic acids is 2. The van der Waals surface area contributed by atoms with Gasteiger partial charge in [-0.1, -0.05) is 35.0 Å². The van der Waals surface area contributed by atoms with Crippen LogP contribution in [0, 0.1) is 18.6 Å². The molecular formula is C23H21F2N3O3. The molecule has 0 atom stereocenters. The summed E-state index contributed by atoms with van der Waals surface area (Å²) in [6, 6.07) is 11.9. The fraction of sp³-hybridized carbons (Fsp3) is 0.261. The normalized spacial score (nSPS) is 13.1. The van der Waals surface area contributed by atoms with Gasteiger partial charge in [0.25, 0.3) is 11.8 Å². The highest BCUT2D eigenvalue weighted by molar-refractivity contribution is 5.95. The van der Waals surface area contributed by atoms with Crippen LogP contribution in [0.15, 0.2) is 53.1 Å². The minimum absolute atomic E-state index is 0.0391. The molecule has 0 spiro atoms. The zero-order valence-electron chi connectivity index (χ0n) is 16.9. The molecule has 1 heterocycles. The maximum Gasteiger partial charge on any atom is 0.273 e. The van der Waals surface area contributed by atoms with Crippen LogP contribution in [0.3, 0.4) is 0 Å². The highest BCUT2D eigenvalue weighted by atomic mass is 19.1. The summed E-state index contributed by atoms with van der Waals surface area (Å²) in [7, 11) is 0. The number of benzene rings is 2. The van der Waals surface area contributed by atoms with E-state index >= 15 is 0 Å². The quantitative estimate of drug-likeness (QED) is 0.621. The zero-order valence-corrected chi connectivity index (χ0v) is 16.9. The van der Waals surface area contributed by atoms with Gasteiger partial charge in [0.1, 0.15) is 11.6 Å². The molecule has 8 heteroatoms. The van der Waals surface area contributed by atoms with Gasteiger partial charge in [-0.2, -0.15) is 0 Å². The van der Waals surface area contributed by atoms with Crippen LogP contribution < -0.4 is 5.32 Å². The maximum atomic E-state index is 13.5. The third-order valence-electron chi connectivity index (χ3n) is 5.05. The lowest BCUT2D eigenvalue weighted by molar-refractivity contribution is 0.0711. The van der Waals surface area contributed by atoms with Gasteiger partial charge < -0.3 is 14.7 Å². The van der Waals surface area contributed by atoms with E-state index in [1.807, 2.05) is 31.2 Å². The number of aryl methyl sites for hydroxylation is 1. The maximum absolute atomic E-state index is 13.5. The van der Waals surface area contributed by atoms with Crippen molar-refractivity contribution in [1.29, 1.82) is 0 Å². The number of carbonyl (C=O) groups is 2. The van der Waals surface area contributed by atoms with E-state index in [9.17, 15) is 18.4 Å². The number of nitrogens with one attached hydrogen (secondary N) is 1. The number of hydrogen-bond donors (Lipinski definition) is 1. The Morgan fingerprint density at radius 2 is 1.77 bits per heavy atom. The lowest BCUT2D eigenvalue weighted by Crippen LogP contribution is -2.32. The van der Waals surface area contributed by atoms with E-state index in [1.54, 1.807) is 0 Å². The van der Waals surface area contributed by atoms with E-state index < -0.39 is 23.4 Å². The lowest BCUT2D eigenvalue weighted by atomic mass is 10.1. The van der Waals surface area contributed by atoms with E-state index in [4.69, 9.17) is 4.52 Å². The Balaban J connectivity index is 1.42. The van der Waals surface area contributed by atoms with Crippen molar-refractivity contribution in [2.24, 2.45) is 0 Å². The van der Waals surface area contributed by atoms with E-state index in [2.05, 4.69) is 10.5 Å². The Kier molecular flexibility index (Phi) is 5.79. The Morgan fingerprint density at radius 1 is 1.10 bits per heavy atom. The molecule has 2 aromatic carbocycles. The molecular weight excluding hydrogens is 404 g/mol. The van der Waals surface area contributed by atoms with Crippen molar-refractivity contribution in [3.8, 4) is 0 Å². The van der Waals surface area contributed by atoms with Gasteiger partial charge in [-0.3, -0.25) is 9.59 Å². The molecule has 160 valence electrons. The average molecular weight is 425 g/mol. The van der Waals surface area contributed by atoms with Gasteiger partial charge in [0.05, 0.1) is 6.54 Å². The zero-order chi connectivity index (χ0) is 22.0. The minimum atomic E-state index is -0.814. The Hall–Kier alpha value is -3.55. The highest BCUT2D eigenvalue weighted by Crippen LogP contribution is 2.30. The first-order valence-electron chi connectivity index (χ1n) is 9.95. The number of rotatable bonds is 7. The van der Waals surface area contributed by atoms with Crippen LogP contribution in [0.5, 0.6) is 0 Å². The van der Waals surface area contributed by atoms with Crippen LogP contribution in [-0.2, 0) is 13.1 Å². The van der Waals surface area contributed by atoms with Crippen LogP contribution in [0.4, 0.5) is 8.78 Å². The summed E-state index contributed by atoms with van der Waals surface area (Å²) in [5.41, 5.74) is 2.12. The molecule has 31 heavy (non-hydrogen) atoms. The predicted octanol–water partition coefficient (Wildman–Crippen LogP) is 4.00. The second kappa shape index (κ2) is 8.67. The van der Waals surface area contributed by atoms with Gasteiger partial charge in [0.2, 0.25) is 0 Å². The summed E-state index contributed by atoms with van der Waals surface area (Å²) >= 11 is 0. The summed E-state index contributed by atoms with van der Waals surface area (Å²) in [5, 5.41) is 6.56. The second-order valence-corrected chi connectivity index (χ2v) is 7.67. The third kappa shape index (κ3) is 5.14. The first-order chi connectivity index (χ1) is 14.9. The molecule has 3 aromatic rings. The van der Waals surface area contributed by atoms with E-state index in [0.29, 0.717) is 12.3 Å². The molecule has 0 bridgehead atoms. The largest absolute Gasteiger partial charge is 0.359 e. The number of halogens is 2. The third-order valence-corrected chi connectivity index (χ3v) is 5.05. The Labute approximate surface area is 177 Å². The second-order valence-electron chi connectivity index (χ2n) is 7.67. The molecule has 0 aliphatic heterocycles. The van der Waals surface area contributed by atoms with Crippen molar-refractivity contribution >= 4 is 11.8 Å². The summed E-state index contributed by atoms with van der Waals surface area (Å²) in [5.74, 6) is -2.20. The van der Waals surface area contributed by atoms with Gasteiger partial charge in [0.15, 0.2) is 11.5 Å². The molecule has 6 nitrogen and oxygen atoms in total. The standard InChI is InChI=1S/C23H21F2N3O3/c1-14-2-4-15(5-3-14)12-26-22(29)21-11-20(31-27-21)13-28(19-6-7-19)23(30)16-8-17(24)10-18(25)9-16/h2-5,8-11,19H,6-7,12-13H2,1H3,(H,26,29). The molecule has 1 aromatic heterocycles. The van der Waals surface area contributed by atoms with E-state index in [0.717, 1.165) is 42.2 Å². The molecule has 1 fully saturated rings. The van der Waals surface area contributed by atoms with Crippen molar-refractivity contribution in [3.63, 3.8) is 0 Å². The smallest absolute Gasteiger partial charge is 0.273 e. The average Bonchev–Trinajstić information content (AvgIpc) is 3.47. The molecule has 0 radical (unpaired) electrons. The van der Waals surface area contributed by atoms with Gasteiger partial charge in [0, 0.05) is 30.3 Å². The number of nitrogens with zero attached hydrogens (tertiary/aromatic N) is 2. The molecule has 1 aliphatic carbocycles. The van der Waals surface area contributed by atoms with Gasteiger partial charge in [-0.15, -0.1) is 0 Å². The summed E-state index contributed by atoms with van der Waals surface area (Å²) in [6.45, 7) is 2.39. The van der Waals surface area contributed by atoms with Crippen LogP contribution in [0.1, 0.15) is 50.6 Å². The lowest BCUT2D eigenvalue weighted by Gasteiger charge is -2.21. The molecule has 0 saturated heterocycles. The Morgan fingerprint density at radius 3 is 2.42 bits per heavy atom. The minimum Gasteiger partial charge on any atom is -0.359 e. The SMILES string of the molecule is Cc1ccc(CNC(=O)c2cc(CN(C(=O)c3cc(F)cc(F)c3)C3CC3)on2)cc1. The monoisotopic (exact) mass is 425 g/mol. The predicted molar refractivity (Wildman–Crippen MR) is 108 cm³/mol. The van der Waals surface area contributed by atoms with Gasteiger partial charge >= 0.3 is 0 Å². The molecule has 1 saturated carbocycles. The first kappa shape index (κ1) is 20.7. The van der Waals surface area contributed by atoms with E-state index in [1.165, 1.54) is 11.0 Å². The van der Waals surface area contributed by atoms with Crippen molar-refractivity contribution in [1.82, 2.24) is 15.4 Å². The van der Waals surface area contributed by atoms with Crippen LogP contribution in [0.25, 0.3) is 0 Å². The number of hydrogen-bond acceptors (Lipinski definition) is 4. The first-order valence-corrected chi connectivity index (χ1v) is 9.95. The van der Waals surface area contributed by atoms with Crippen molar-refractivity contribution in [3.05, 3.63) is 88.3 Å². The fourth-order valence-electron chi connectivity index (χ4n) is 3.24. The van der Waals surface area contributed by atoms with Gasteiger partial charge in [-0.05, 0) is 37.5 Å². The Bertz CT molecular complexity index is 1090. The van der Waals surface area contributed by atoms with Crippen LogP contribution in [0.2, 0.25) is 0 Å². The topological polar surface area (TPSA) is 75.4 Å². The molecule has 4 rings (SSSR count). The summed E-state index contributed by atoms with van der Waals surface area (Å²) in [6.07, 6.45) is 1.59. The van der Waals surface area contributed by atoms with Crippen molar-refractivity contribution in [2.45, 2.75) is 38.9 Å². The molecule has 2 amide bonds. The van der Waals surface area contributed by atoms with Crippen LogP contribution >= 0.6 is 0 Å². The summed E-state index contributed by atoms with van der Waals surface area (Å²) in [4.78, 5) is 26.7. The number of aromatic nitrogens is 1. The fourth-order valence-corrected chi connectivity index (χ4v) is 3.24.